The molecule has 13 heavy (non-hydrogen) atoms. The highest BCUT2D eigenvalue weighted by Crippen LogP contribution is 2.36. The molecule has 2 rings (SSSR count). The van der Waals surface area contributed by atoms with E-state index in [2.05, 4.69) is 55.0 Å². The average Bonchev–Trinajstić information content (AvgIpc) is 2.61. The van der Waals surface area contributed by atoms with E-state index < -0.39 is 0 Å². The van der Waals surface area contributed by atoms with Crippen LogP contribution in [0.3, 0.4) is 0 Å². The molecule has 0 unspecified atom stereocenters. The van der Waals surface area contributed by atoms with Gasteiger partial charge in [0.25, 0.3) is 0 Å². The third-order valence-corrected chi connectivity index (χ3v) is 5.13. The third-order valence-electron chi connectivity index (χ3n) is 1.47. The Morgan fingerprint density at radius 1 is 1.23 bits per heavy atom. The Morgan fingerprint density at radius 2 is 2.00 bits per heavy atom. The van der Waals surface area contributed by atoms with E-state index in [0.29, 0.717) is 0 Å². The van der Waals surface area contributed by atoms with Crippen LogP contribution < -0.4 is 0 Å². The van der Waals surface area contributed by atoms with Gasteiger partial charge in [0.2, 0.25) is 0 Å². The van der Waals surface area contributed by atoms with Crippen molar-refractivity contribution in [3.05, 3.63) is 19.3 Å². The van der Waals surface area contributed by atoms with Gasteiger partial charge in [0.15, 0.2) is 8.92 Å². The number of hydrogen-bond acceptors (Lipinski definition) is 4. The van der Waals surface area contributed by atoms with Crippen molar-refractivity contribution in [1.29, 1.82) is 0 Å². The van der Waals surface area contributed by atoms with Crippen LogP contribution in [-0.2, 0) is 0 Å². The molecule has 0 fully saturated rings. The summed E-state index contributed by atoms with van der Waals surface area (Å²) in [5.41, 5.74) is 1.24. The molecule has 2 aromatic rings. The van der Waals surface area contributed by atoms with Crippen molar-refractivity contribution in [3.8, 4) is 9.88 Å². The summed E-state index contributed by atoms with van der Waals surface area (Å²) in [6, 6.07) is 2.11. The Hall–Kier alpha value is 0.220. The SMILES string of the molecule is Cc1cc(-c2nnc(Br)s2)sc1Br. The van der Waals surface area contributed by atoms with Crippen molar-refractivity contribution < 1.29 is 0 Å². The first-order valence-electron chi connectivity index (χ1n) is 3.42. The highest BCUT2D eigenvalue weighted by atomic mass is 79.9. The predicted octanol–water partition coefficient (Wildman–Crippen LogP) is 4.10. The van der Waals surface area contributed by atoms with E-state index in [4.69, 9.17) is 0 Å². The van der Waals surface area contributed by atoms with E-state index in [1.807, 2.05) is 0 Å². The van der Waals surface area contributed by atoms with Crippen molar-refractivity contribution in [2.24, 2.45) is 0 Å². The van der Waals surface area contributed by atoms with E-state index in [-0.39, 0.29) is 0 Å². The van der Waals surface area contributed by atoms with Crippen LogP contribution in [0.15, 0.2) is 13.8 Å². The van der Waals surface area contributed by atoms with Gasteiger partial charge < -0.3 is 0 Å². The second-order valence-electron chi connectivity index (χ2n) is 2.43. The van der Waals surface area contributed by atoms with E-state index in [1.165, 1.54) is 5.56 Å². The van der Waals surface area contributed by atoms with E-state index >= 15 is 0 Å². The smallest absolute Gasteiger partial charge is 0.136 e. The maximum Gasteiger partial charge on any atom is 0.183 e. The molecular formula is C7H4Br2N2S2. The Morgan fingerprint density at radius 3 is 2.46 bits per heavy atom. The minimum Gasteiger partial charge on any atom is -0.136 e. The number of hydrogen-bond donors (Lipinski definition) is 0. The number of aryl methyl sites for hydroxylation is 1. The first-order chi connectivity index (χ1) is 6.16. The summed E-state index contributed by atoms with van der Waals surface area (Å²) in [4.78, 5) is 1.16. The molecule has 68 valence electrons. The fraction of sp³-hybridized carbons (Fsp3) is 0.143. The van der Waals surface area contributed by atoms with Crippen LogP contribution in [0, 0.1) is 6.92 Å². The second-order valence-corrected chi connectivity index (χ2v) is 7.05. The lowest BCUT2D eigenvalue weighted by Gasteiger charge is -1.82. The molecule has 0 aromatic carbocycles. The van der Waals surface area contributed by atoms with Gasteiger partial charge in [-0.05, 0) is 50.4 Å². The van der Waals surface area contributed by atoms with Crippen LogP contribution >= 0.6 is 54.5 Å². The first kappa shape index (κ1) is 9.76. The van der Waals surface area contributed by atoms with Crippen molar-refractivity contribution in [1.82, 2.24) is 10.2 Å². The number of nitrogens with zero attached hydrogens (tertiary/aromatic N) is 2. The second kappa shape index (κ2) is 3.76. The predicted molar refractivity (Wildman–Crippen MR) is 63.4 cm³/mol. The first-order valence-corrected chi connectivity index (χ1v) is 6.64. The van der Waals surface area contributed by atoms with Crippen molar-refractivity contribution in [2.75, 3.05) is 0 Å². The largest absolute Gasteiger partial charge is 0.183 e. The Balaban J connectivity index is 2.46. The van der Waals surface area contributed by atoms with Crippen LogP contribution in [0.2, 0.25) is 0 Å². The molecule has 0 amide bonds. The zero-order chi connectivity index (χ0) is 9.42. The van der Waals surface area contributed by atoms with Gasteiger partial charge in [0.05, 0.1) is 8.66 Å². The zero-order valence-corrected chi connectivity index (χ0v) is 11.3. The summed E-state index contributed by atoms with van der Waals surface area (Å²) in [6.45, 7) is 2.07. The van der Waals surface area contributed by atoms with Crippen LogP contribution in [-0.4, -0.2) is 10.2 Å². The average molecular weight is 340 g/mol. The van der Waals surface area contributed by atoms with Gasteiger partial charge in [-0.2, -0.15) is 0 Å². The summed E-state index contributed by atoms with van der Waals surface area (Å²) in [5, 5.41) is 8.92. The van der Waals surface area contributed by atoms with Gasteiger partial charge in [0, 0.05) is 0 Å². The monoisotopic (exact) mass is 338 g/mol. The molecule has 0 radical (unpaired) electrons. The molecule has 0 N–H and O–H groups in total. The van der Waals surface area contributed by atoms with Crippen molar-refractivity contribution in [3.63, 3.8) is 0 Å². The maximum absolute atomic E-state index is 4.05. The molecule has 2 heterocycles. The molecule has 0 atom stereocenters. The van der Waals surface area contributed by atoms with Crippen LogP contribution in [0.1, 0.15) is 5.56 Å². The van der Waals surface area contributed by atoms with E-state index in [9.17, 15) is 0 Å². The summed E-state index contributed by atoms with van der Waals surface area (Å²) in [6.07, 6.45) is 0. The molecule has 2 aromatic heterocycles. The number of thiophene rings is 1. The fourth-order valence-electron chi connectivity index (χ4n) is 0.870. The zero-order valence-electron chi connectivity index (χ0n) is 6.54. The Bertz CT molecular complexity index is 416. The molecule has 0 saturated heterocycles. The topological polar surface area (TPSA) is 25.8 Å². The van der Waals surface area contributed by atoms with Crippen LogP contribution in [0.4, 0.5) is 0 Å². The van der Waals surface area contributed by atoms with Crippen molar-refractivity contribution in [2.45, 2.75) is 6.92 Å². The van der Waals surface area contributed by atoms with E-state index in [0.717, 1.165) is 17.6 Å². The summed E-state index contributed by atoms with van der Waals surface area (Å²) in [7, 11) is 0. The summed E-state index contributed by atoms with van der Waals surface area (Å²) >= 11 is 10.0. The molecular weight excluding hydrogens is 336 g/mol. The van der Waals surface area contributed by atoms with Gasteiger partial charge in [0.1, 0.15) is 0 Å². The lowest BCUT2D eigenvalue weighted by Crippen LogP contribution is -1.69. The normalized spacial score (nSPS) is 10.7. The molecule has 0 aliphatic carbocycles. The molecule has 6 heteroatoms. The highest BCUT2D eigenvalue weighted by Gasteiger charge is 2.09. The molecule has 2 nitrogen and oxygen atoms in total. The van der Waals surface area contributed by atoms with Gasteiger partial charge in [-0.3, -0.25) is 0 Å². The number of halogens is 2. The minimum atomic E-state index is 0.824. The minimum absolute atomic E-state index is 0.824. The van der Waals surface area contributed by atoms with E-state index in [1.54, 1.807) is 22.7 Å². The molecule has 0 bridgehead atoms. The Labute approximate surface area is 100 Å². The van der Waals surface area contributed by atoms with Crippen LogP contribution in [0.25, 0.3) is 9.88 Å². The van der Waals surface area contributed by atoms with Crippen molar-refractivity contribution >= 4 is 54.5 Å². The maximum atomic E-state index is 4.05. The third kappa shape index (κ3) is 2.01. The molecule has 0 aliphatic heterocycles. The number of aromatic nitrogens is 2. The Kier molecular flexibility index (Phi) is 2.83. The van der Waals surface area contributed by atoms with Gasteiger partial charge in [-0.1, -0.05) is 11.3 Å². The van der Waals surface area contributed by atoms with Gasteiger partial charge >= 0.3 is 0 Å². The fourth-order valence-corrected chi connectivity index (χ4v) is 3.56. The number of rotatable bonds is 1. The molecule has 0 spiro atoms. The van der Waals surface area contributed by atoms with Gasteiger partial charge in [-0.25, -0.2) is 0 Å². The quantitative estimate of drug-likeness (QED) is 0.781. The van der Waals surface area contributed by atoms with Gasteiger partial charge in [-0.15, -0.1) is 21.5 Å². The summed E-state index contributed by atoms with van der Waals surface area (Å²) < 4.78 is 1.98. The molecule has 0 saturated carbocycles. The standard InChI is InChI=1S/C7H4Br2N2S2/c1-3-2-4(12-5(3)8)6-10-11-7(9)13-6/h2H,1H3. The molecule has 0 aliphatic rings. The van der Waals surface area contributed by atoms with Crippen LogP contribution in [0.5, 0.6) is 0 Å². The summed E-state index contributed by atoms with van der Waals surface area (Å²) in [5.74, 6) is 0. The highest BCUT2D eigenvalue weighted by molar-refractivity contribution is 9.11. The lowest BCUT2D eigenvalue weighted by molar-refractivity contribution is 1.08. The lowest BCUT2D eigenvalue weighted by atomic mass is 10.3.